The summed E-state index contributed by atoms with van der Waals surface area (Å²) in [4.78, 5) is 31.4. The third-order valence-corrected chi connectivity index (χ3v) is 10.5. The number of phenols is 1. The second kappa shape index (κ2) is 11.0. The van der Waals surface area contributed by atoms with E-state index in [1.165, 1.54) is 0 Å². The molecule has 44 heavy (non-hydrogen) atoms. The molecule has 0 spiro atoms. The van der Waals surface area contributed by atoms with Crippen LogP contribution >= 0.6 is 0 Å². The van der Waals surface area contributed by atoms with Gasteiger partial charge < -0.3 is 25.5 Å². The highest BCUT2D eigenvalue weighted by molar-refractivity contribution is 6.10. The van der Waals surface area contributed by atoms with Crippen LogP contribution in [0.15, 0.2) is 56.9 Å². The average molecular weight is 602 g/mol. The Balaban J connectivity index is 1.48. The molecule has 1 aromatic heterocycles. The minimum Gasteiger partial charge on any atom is -0.510 e. The second-order valence-electron chi connectivity index (χ2n) is 13.6. The SMILES string of the molecule is CC(C)=C1C(C(N)=O)=C(O)[C@@H](N(C)C)C2CC3Cc4c(-c5occc5CN5[C@H](C)CC[C@H]5C)ccc(O)c4C(O)=C3C(=O)C12. The number of aromatic hydroxyl groups is 1. The van der Waals surface area contributed by atoms with Crippen LogP contribution in [-0.4, -0.2) is 69.0 Å². The molecule has 1 saturated carbocycles. The normalized spacial score (nSPS) is 28.8. The van der Waals surface area contributed by atoms with Gasteiger partial charge in [-0.1, -0.05) is 5.57 Å². The number of benzene rings is 1. The largest absolute Gasteiger partial charge is 0.510 e. The van der Waals surface area contributed by atoms with Gasteiger partial charge in [-0.2, -0.15) is 0 Å². The molecule has 4 aliphatic rings. The fourth-order valence-corrected chi connectivity index (χ4v) is 8.55. The van der Waals surface area contributed by atoms with E-state index in [2.05, 4.69) is 18.7 Å². The number of nitrogens with zero attached hydrogens (tertiary/aromatic N) is 2. The average Bonchev–Trinajstić information content (AvgIpc) is 3.53. The second-order valence-corrected chi connectivity index (χ2v) is 13.6. The number of hydrogen-bond donors (Lipinski definition) is 4. The van der Waals surface area contributed by atoms with E-state index in [-0.39, 0.29) is 51.6 Å². The highest BCUT2D eigenvalue weighted by Crippen LogP contribution is 2.54. The van der Waals surface area contributed by atoms with Crippen molar-refractivity contribution in [2.75, 3.05) is 14.1 Å². The van der Waals surface area contributed by atoms with Crippen molar-refractivity contribution in [1.29, 1.82) is 0 Å². The van der Waals surface area contributed by atoms with Gasteiger partial charge in [-0.15, -0.1) is 0 Å². The fourth-order valence-electron chi connectivity index (χ4n) is 8.55. The van der Waals surface area contributed by atoms with Crippen LogP contribution in [0.3, 0.4) is 0 Å². The van der Waals surface area contributed by atoms with Crippen molar-refractivity contribution in [1.82, 2.24) is 9.80 Å². The first-order valence-electron chi connectivity index (χ1n) is 15.5. The molecule has 2 fully saturated rings. The number of ketones is 1. The molecule has 234 valence electrons. The van der Waals surface area contributed by atoms with Crippen LogP contribution in [-0.2, 0) is 22.6 Å². The third-order valence-electron chi connectivity index (χ3n) is 10.5. The van der Waals surface area contributed by atoms with Crippen LogP contribution in [0.1, 0.15) is 63.6 Å². The summed E-state index contributed by atoms with van der Waals surface area (Å²) in [5, 5.41) is 34.3. The molecule has 9 heteroatoms. The number of likely N-dealkylation sites (tertiary alicyclic amines) is 1. The number of carbonyl (C=O) groups excluding carboxylic acids is 2. The first-order valence-corrected chi connectivity index (χ1v) is 15.5. The van der Waals surface area contributed by atoms with Gasteiger partial charge in [0.2, 0.25) is 0 Å². The topological polar surface area (TPSA) is 140 Å². The molecule has 9 nitrogen and oxygen atoms in total. The number of allylic oxidation sites excluding steroid dienone is 2. The summed E-state index contributed by atoms with van der Waals surface area (Å²) in [6.45, 7) is 8.81. The molecule has 1 saturated heterocycles. The van der Waals surface area contributed by atoms with E-state index in [1.807, 2.05) is 31.1 Å². The summed E-state index contributed by atoms with van der Waals surface area (Å²) < 4.78 is 6.08. The minimum atomic E-state index is -0.791. The fraction of sp³-hybridized carbons (Fsp3) is 0.486. The van der Waals surface area contributed by atoms with Crippen molar-refractivity contribution in [2.24, 2.45) is 23.5 Å². The Bertz CT molecular complexity index is 1630. The van der Waals surface area contributed by atoms with Gasteiger partial charge in [-0.25, -0.2) is 0 Å². The first kappa shape index (κ1) is 30.2. The highest BCUT2D eigenvalue weighted by atomic mass is 16.3. The zero-order valence-corrected chi connectivity index (χ0v) is 26.3. The number of rotatable bonds is 5. The number of fused-ring (bicyclic) bond motifs is 3. The molecular formula is C35H43N3O6. The number of amides is 1. The van der Waals surface area contributed by atoms with Crippen LogP contribution in [0, 0.1) is 17.8 Å². The standard InChI is InChI=1S/C35H43N3O6/c1-16(2)25-28-23(30(37(5)6)33(42)29(25)35(36)43)14-20-13-22-21(9-10-24(39)27(22)31(40)26(20)32(28)41)34-19(11-12-44-34)15-38-17(3)7-8-18(38)4/h9-12,17-18,20,23,28,30,39-40,42H,7-8,13-15H2,1-6H3,(H2,36,43)/t17-,18-,20?,23?,28?,30+/m1/s1. The summed E-state index contributed by atoms with van der Waals surface area (Å²) >= 11 is 0. The van der Waals surface area contributed by atoms with E-state index >= 15 is 0 Å². The third kappa shape index (κ3) is 4.51. The Morgan fingerprint density at radius 2 is 1.77 bits per heavy atom. The van der Waals surface area contributed by atoms with Gasteiger partial charge in [-0.3, -0.25) is 19.4 Å². The summed E-state index contributed by atoms with van der Waals surface area (Å²) in [6.07, 6.45) is 4.87. The number of hydrogen-bond acceptors (Lipinski definition) is 8. The number of Topliss-reactive ketones (excluding diaryl/α,β-unsaturated/α-hetero) is 1. The predicted octanol–water partition coefficient (Wildman–Crippen LogP) is 5.25. The minimum absolute atomic E-state index is 0.0230. The number of likely N-dealkylation sites (N-methyl/N-ethyl adjacent to an activating group) is 1. The van der Waals surface area contributed by atoms with Crippen LogP contribution in [0.2, 0.25) is 0 Å². The van der Waals surface area contributed by atoms with Crippen molar-refractivity contribution in [2.45, 2.75) is 78.0 Å². The monoisotopic (exact) mass is 601 g/mol. The lowest BCUT2D eigenvalue weighted by Crippen LogP contribution is -2.53. The number of primary amides is 1. The molecule has 0 radical (unpaired) electrons. The Morgan fingerprint density at radius 3 is 2.39 bits per heavy atom. The van der Waals surface area contributed by atoms with Crippen molar-refractivity contribution in [3.05, 3.63) is 69.2 Å². The Morgan fingerprint density at radius 1 is 1.09 bits per heavy atom. The van der Waals surface area contributed by atoms with E-state index in [9.17, 15) is 24.9 Å². The zero-order chi connectivity index (χ0) is 31.8. The Kier molecular flexibility index (Phi) is 7.53. The Labute approximate surface area is 258 Å². The van der Waals surface area contributed by atoms with Gasteiger partial charge in [0.1, 0.15) is 23.0 Å². The first-order chi connectivity index (χ1) is 20.8. The molecule has 1 aromatic carbocycles. The smallest absolute Gasteiger partial charge is 0.252 e. The molecule has 1 aliphatic heterocycles. The molecule has 6 atom stereocenters. The van der Waals surface area contributed by atoms with Crippen molar-refractivity contribution in [3.63, 3.8) is 0 Å². The van der Waals surface area contributed by atoms with Crippen LogP contribution in [0.5, 0.6) is 5.75 Å². The molecular weight excluding hydrogens is 558 g/mol. The highest BCUT2D eigenvalue weighted by Gasteiger charge is 2.54. The number of nitrogens with two attached hydrogens (primary N) is 1. The maximum Gasteiger partial charge on any atom is 0.252 e. The molecule has 1 amide bonds. The zero-order valence-electron chi connectivity index (χ0n) is 26.3. The van der Waals surface area contributed by atoms with Crippen LogP contribution < -0.4 is 5.73 Å². The van der Waals surface area contributed by atoms with Gasteiger partial charge >= 0.3 is 0 Å². The summed E-state index contributed by atoms with van der Waals surface area (Å²) in [6, 6.07) is 5.68. The quantitative estimate of drug-likeness (QED) is 0.364. The van der Waals surface area contributed by atoms with Gasteiger partial charge in [0.15, 0.2) is 5.78 Å². The van der Waals surface area contributed by atoms with E-state index in [1.54, 1.807) is 26.2 Å². The van der Waals surface area contributed by atoms with Crippen molar-refractivity contribution in [3.8, 4) is 17.1 Å². The number of furan rings is 1. The van der Waals surface area contributed by atoms with Crippen LogP contribution in [0.25, 0.3) is 17.1 Å². The van der Waals surface area contributed by atoms with Gasteiger partial charge in [0.05, 0.1) is 29.4 Å². The molecule has 2 aromatic rings. The number of aliphatic hydroxyl groups excluding tert-OH is 2. The number of carbonyl (C=O) groups is 2. The summed E-state index contributed by atoms with van der Waals surface area (Å²) in [7, 11) is 3.62. The predicted molar refractivity (Wildman–Crippen MR) is 168 cm³/mol. The molecule has 5 N–H and O–H groups in total. The lowest BCUT2D eigenvalue weighted by Gasteiger charge is -2.48. The van der Waals surface area contributed by atoms with E-state index in [0.717, 1.165) is 36.1 Å². The van der Waals surface area contributed by atoms with Crippen molar-refractivity contribution >= 4 is 17.4 Å². The maximum atomic E-state index is 14.5. The van der Waals surface area contributed by atoms with Gasteiger partial charge in [0.25, 0.3) is 5.91 Å². The maximum absolute atomic E-state index is 14.5. The van der Waals surface area contributed by atoms with Gasteiger partial charge in [0, 0.05) is 35.3 Å². The lowest BCUT2D eigenvalue weighted by atomic mass is 9.57. The number of aliphatic hydroxyl groups is 2. The summed E-state index contributed by atoms with van der Waals surface area (Å²) in [5.41, 5.74) is 9.94. The van der Waals surface area contributed by atoms with Gasteiger partial charge in [-0.05, 0) is 109 Å². The van der Waals surface area contributed by atoms with E-state index in [4.69, 9.17) is 10.2 Å². The summed E-state index contributed by atoms with van der Waals surface area (Å²) in [5.74, 6) is -2.34. The Hall–Kier alpha value is -3.82. The molecule has 6 rings (SSSR count). The van der Waals surface area contributed by atoms with Crippen molar-refractivity contribution < 1.29 is 29.3 Å². The molecule has 3 aliphatic carbocycles. The lowest BCUT2D eigenvalue weighted by molar-refractivity contribution is -0.123. The number of phenolic OH excluding ortho intramolecular Hbond substituents is 1. The van der Waals surface area contributed by atoms with E-state index < -0.39 is 17.9 Å². The molecule has 3 unspecified atom stereocenters. The molecule has 2 heterocycles. The van der Waals surface area contributed by atoms with E-state index in [0.29, 0.717) is 41.8 Å². The molecule has 0 bridgehead atoms. The van der Waals surface area contributed by atoms with Crippen LogP contribution in [0.4, 0.5) is 0 Å².